The summed E-state index contributed by atoms with van der Waals surface area (Å²) in [6.07, 6.45) is 0. The second kappa shape index (κ2) is 4.78. The van der Waals surface area contributed by atoms with Crippen molar-refractivity contribution in [3.05, 3.63) is 45.7 Å². The molecule has 0 aliphatic rings. The van der Waals surface area contributed by atoms with Gasteiger partial charge in [-0.3, -0.25) is 0 Å². The second-order valence-electron chi connectivity index (χ2n) is 3.42. The molecule has 0 amide bonds. The van der Waals surface area contributed by atoms with Crippen LogP contribution in [0.5, 0.6) is 0 Å². The molecule has 0 atom stereocenters. The van der Waals surface area contributed by atoms with Gasteiger partial charge in [0, 0.05) is 16.0 Å². The Morgan fingerprint density at radius 1 is 1.31 bits per heavy atom. The fourth-order valence-corrected chi connectivity index (χ4v) is 2.26. The van der Waals surface area contributed by atoms with E-state index in [-0.39, 0.29) is 0 Å². The summed E-state index contributed by atoms with van der Waals surface area (Å²) in [6.45, 7) is 1.99. The van der Waals surface area contributed by atoms with Crippen LogP contribution >= 0.6 is 39.1 Å². The van der Waals surface area contributed by atoms with E-state index in [0.29, 0.717) is 10.0 Å². The Labute approximate surface area is 112 Å². The molecule has 1 aromatic heterocycles. The van der Waals surface area contributed by atoms with Crippen LogP contribution in [0.1, 0.15) is 11.4 Å². The van der Waals surface area contributed by atoms with Crippen LogP contribution in [-0.2, 0) is 5.33 Å². The maximum atomic E-state index is 6.13. The molecule has 2 rings (SSSR count). The number of aryl methyl sites for hydroxylation is 1. The van der Waals surface area contributed by atoms with Gasteiger partial charge in [0.25, 0.3) is 0 Å². The largest absolute Gasteiger partial charge is 0.236 e. The standard InChI is InChI=1S/C11H9BrCl2N2/c1-7-4-9(6-12)15-16(7)11-3-2-8(13)5-10(11)14/h2-5H,6H2,1H3. The molecule has 0 saturated heterocycles. The van der Waals surface area contributed by atoms with Gasteiger partial charge in [0.1, 0.15) is 0 Å². The maximum absolute atomic E-state index is 6.13. The number of halogens is 3. The van der Waals surface area contributed by atoms with E-state index in [1.807, 2.05) is 23.7 Å². The first-order valence-corrected chi connectivity index (χ1v) is 6.56. The third-order valence-electron chi connectivity index (χ3n) is 2.21. The molecule has 5 heteroatoms. The van der Waals surface area contributed by atoms with E-state index >= 15 is 0 Å². The molecule has 0 aliphatic carbocycles. The van der Waals surface area contributed by atoms with Crippen molar-refractivity contribution in [1.29, 1.82) is 0 Å². The zero-order valence-electron chi connectivity index (χ0n) is 8.54. The third-order valence-corrected chi connectivity index (χ3v) is 3.33. The molecular weight excluding hydrogens is 311 g/mol. The monoisotopic (exact) mass is 318 g/mol. The lowest BCUT2D eigenvalue weighted by Crippen LogP contribution is -1.99. The predicted molar refractivity (Wildman–Crippen MR) is 71.0 cm³/mol. The minimum Gasteiger partial charge on any atom is -0.236 e. The normalized spacial score (nSPS) is 10.8. The summed E-state index contributed by atoms with van der Waals surface area (Å²) >= 11 is 15.4. The van der Waals surface area contributed by atoms with Crippen LogP contribution in [0.3, 0.4) is 0 Å². The van der Waals surface area contributed by atoms with Gasteiger partial charge >= 0.3 is 0 Å². The fourth-order valence-electron chi connectivity index (χ4n) is 1.50. The summed E-state index contributed by atoms with van der Waals surface area (Å²) in [4.78, 5) is 0. The smallest absolute Gasteiger partial charge is 0.0836 e. The first-order valence-electron chi connectivity index (χ1n) is 4.68. The molecule has 2 aromatic rings. The van der Waals surface area contributed by atoms with Crippen molar-refractivity contribution in [3.63, 3.8) is 0 Å². The van der Waals surface area contributed by atoms with Gasteiger partial charge in [-0.15, -0.1) is 0 Å². The Morgan fingerprint density at radius 3 is 2.62 bits per heavy atom. The number of hydrogen-bond donors (Lipinski definition) is 0. The molecule has 0 saturated carbocycles. The average Bonchev–Trinajstić information content (AvgIpc) is 2.60. The molecule has 2 nitrogen and oxygen atoms in total. The molecular formula is C11H9BrCl2N2. The van der Waals surface area contributed by atoms with Crippen molar-refractivity contribution in [2.24, 2.45) is 0 Å². The lowest BCUT2D eigenvalue weighted by Gasteiger charge is -2.06. The van der Waals surface area contributed by atoms with Gasteiger partial charge in [-0.05, 0) is 31.2 Å². The molecule has 0 aliphatic heterocycles. The van der Waals surface area contributed by atoms with Crippen LogP contribution < -0.4 is 0 Å². The molecule has 0 bridgehead atoms. The summed E-state index contributed by atoms with van der Waals surface area (Å²) < 4.78 is 1.81. The SMILES string of the molecule is Cc1cc(CBr)nn1-c1ccc(Cl)cc1Cl. The van der Waals surface area contributed by atoms with Crippen LogP contribution in [0.25, 0.3) is 5.69 Å². The van der Waals surface area contributed by atoms with Crippen molar-refractivity contribution in [1.82, 2.24) is 9.78 Å². The summed E-state index contributed by atoms with van der Waals surface area (Å²) in [5.74, 6) is 0. The zero-order valence-corrected chi connectivity index (χ0v) is 11.6. The van der Waals surface area contributed by atoms with E-state index in [9.17, 15) is 0 Å². The van der Waals surface area contributed by atoms with E-state index in [0.717, 1.165) is 22.4 Å². The molecule has 0 unspecified atom stereocenters. The van der Waals surface area contributed by atoms with Gasteiger partial charge in [-0.25, -0.2) is 4.68 Å². The first-order chi connectivity index (χ1) is 7.61. The predicted octanol–water partition coefficient (Wildman–Crippen LogP) is 4.38. The molecule has 0 spiro atoms. The number of hydrogen-bond acceptors (Lipinski definition) is 1. The summed E-state index contributed by atoms with van der Waals surface area (Å²) in [5, 5.41) is 6.38. The summed E-state index contributed by atoms with van der Waals surface area (Å²) in [6, 6.07) is 7.40. The maximum Gasteiger partial charge on any atom is 0.0836 e. The Hall–Kier alpha value is -0.510. The van der Waals surface area contributed by atoms with Gasteiger partial charge < -0.3 is 0 Å². The Kier molecular flexibility index (Phi) is 3.57. The highest BCUT2D eigenvalue weighted by Crippen LogP contribution is 2.25. The van der Waals surface area contributed by atoms with Crippen LogP contribution in [0.4, 0.5) is 0 Å². The number of nitrogens with zero attached hydrogens (tertiary/aromatic N) is 2. The van der Waals surface area contributed by atoms with Crippen molar-refractivity contribution in [2.75, 3.05) is 0 Å². The number of alkyl halides is 1. The van der Waals surface area contributed by atoms with Crippen molar-refractivity contribution < 1.29 is 0 Å². The zero-order chi connectivity index (χ0) is 11.7. The number of rotatable bonds is 2. The highest BCUT2D eigenvalue weighted by atomic mass is 79.9. The molecule has 16 heavy (non-hydrogen) atoms. The minimum atomic E-state index is 0.597. The van der Waals surface area contributed by atoms with Crippen molar-refractivity contribution >= 4 is 39.1 Å². The highest BCUT2D eigenvalue weighted by Gasteiger charge is 2.09. The third kappa shape index (κ3) is 2.26. The van der Waals surface area contributed by atoms with Gasteiger partial charge in [-0.1, -0.05) is 39.1 Å². The number of benzene rings is 1. The highest BCUT2D eigenvalue weighted by molar-refractivity contribution is 9.08. The minimum absolute atomic E-state index is 0.597. The van der Waals surface area contributed by atoms with Gasteiger partial charge in [0.05, 0.1) is 16.4 Å². The quantitative estimate of drug-likeness (QED) is 0.751. The van der Waals surface area contributed by atoms with Gasteiger partial charge in [0.15, 0.2) is 0 Å². The first kappa shape index (κ1) is 12.0. The van der Waals surface area contributed by atoms with Crippen molar-refractivity contribution in [2.45, 2.75) is 12.3 Å². The van der Waals surface area contributed by atoms with E-state index in [4.69, 9.17) is 23.2 Å². The van der Waals surface area contributed by atoms with E-state index in [2.05, 4.69) is 21.0 Å². The lowest BCUT2D eigenvalue weighted by molar-refractivity contribution is 0.832. The van der Waals surface area contributed by atoms with Crippen LogP contribution in [0, 0.1) is 6.92 Å². The molecule has 0 radical (unpaired) electrons. The van der Waals surface area contributed by atoms with E-state index in [1.165, 1.54) is 0 Å². The van der Waals surface area contributed by atoms with Gasteiger partial charge in [0.2, 0.25) is 0 Å². The summed E-state index contributed by atoms with van der Waals surface area (Å²) in [7, 11) is 0. The van der Waals surface area contributed by atoms with Gasteiger partial charge in [-0.2, -0.15) is 5.10 Å². The molecule has 0 fully saturated rings. The Morgan fingerprint density at radius 2 is 2.06 bits per heavy atom. The van der Waals surface area contributed by atoms with Crippen LogP contribution in [0.15, 0.2) is 24.3 Å². The molecule has 1 heterocycles. The lowest BCUT2D eigenvalue weighted by atomic mass is 10.3. The van der Waals surface area contributed by atoms with Crippen molar-refractivity contribution in [3.8, 4) is 5.69 Å². The summed E-state index contributed by atoms with van der Waals surface area (Å²) in [5.41, 5.74) is 2.86. The molecule has 1 aromatic carbocycles. The van der Waals surface area contributed by atoms with E-state index in [1.54, 1.807) is 12.1 Å². The average molecular weight is 320 g/mol. The fraction of sp³-hybridized carbons (Fsp3) is 0.182. The van der Waals surface area contributed by atoms with Crippen LogP contribution in [0.2, 0.25) is 10.0 Å². The van der Waals surface area contributed by atoms with Crippen LogP contribution in [-0.4, -0.2) is 9.78 Å². The second-order valence-corrected chi connectivity index (χ2v) is 4.82. The Bertz CT molecular complexity index is 523. The number of aromatic nitrogens is 2. The molecule has 84 valence electrons. The molecule has 0 N–H and O–H groups in total. The van der Waals surface area contributed by atoms with E-state index < -0.39 is 0 Å². The Balaban J connectivity index is 2.53. The topological polar surface area (TPSA) is 17.8 Å².